The number of likely N-dealkylation sites (tertiary alicyclic amines) is 1. The van der Waals surface area contributed by atoms with Gasteiger partial charge in [0, 0.05) is 13.1 Å². The summed E-state index contributed by atoms with van der Waals surface area (Å²) in [6.45, 7) is 1.06. The molecule has 1 unspecified atom stereocenters. The Morgan fingerprint density at radius 3 is 2.57 bits per heavy atom. The molecule has 1 rings (SSSR count). The summed E-state index contributed by atoms with van der Waals surface area (Å²) < 4.78 is 37.2. The lowest BCUT2D eigenvalue weighted by molar-refractivity contribution is -0.155. The second kappa shape index (κ2) is 7.63. The maximum Gasteiger partial charge on any atom is 0.401 e. The minimum atomic E-state index is -4.28. The van der Waals surface area contributed by atoms with E-state index < -0.39 is 31.2 Å². The van der Waals surface area contributed by atoms with Crippen LogP contribution in [0.5, 0.6) is 0 Å². The number of carbonyl (C=O) groups excluding carboxylic acids is 1. The Morgan fingerprint density at radius 1 is 1.38 bits per heavy atom. The SMILES string of the molecule is CCCN(CC(=O)O)C(=O)C1CCCN(CC(F)(F)F)C1. The van der Waals surface area contributed by atoms with E-state index >= 15 is 0 Å². The van der Waals surface area contributed by atoms with Gasteiger partial charge in [-0.25, -0.2) is 0 Å². The average molecular weight is 310 g/mol. The topological polar surface area (TPSA) is 60.9 Å². The normalized spacial score (nSPS) is 20.3. The second-order valence-corrected chi connectivity index (χ2v) is 5.34. The third kappa shape index (κ3) is 6.33. The number of carboxylic acid groups (broad SMARTS) is 1. The Bertz CT molecular complexity index is 374. The van der Waals surface area contributed by atoms with E-state index in [1.165, 1.54) is 9.80 Å². The van der Waals surface area contributed by atoms with E-state index in [1.54, 1.807) is 0 Å². The first-order valence-corrected chi connectivity index (χ1v) is 7.02. The predicted molar refractivity (Wildman–Crippen MR) is 69.7 cm³/mol. The molecule has 5 nitrogen and oxygen atoms in total. The first-order chi connectivity index (χ1) is 9.73. The van der Waals surface area contributed by atoms with Crippen LogP contribution in [0.15, 0.2) is 0 Å². The average Bonchev–Trinajstić information content (AvgIpc) is 2.35. The quantitative estimate of drug-likeness (QED) is 0.809. The Balaban J connectivity index is 2.64. The van der Waals surface area contributed by atoms with Crippen LogP contribution in [-0.4, -0.2) is 65.7 Å². The lowest BCUT2D eigenvalue weighted by atomic mass is 9.96. The molecule has 0 aromatic heterocycles. The zero-order valence-corrected chi connectivity index (χ0v) is 12.0. The van der Waals surface area contributed by atoms with E-state index in [4.69, 9.17) is 5.11 Å². The van der Waals surface area contributed by atoms with Gasteiger partial charge in [0.1, 0.15) is 6.54 Å². The highest BCUT2D eigenvalue weighted by Gasteiger charge is 2.35. The van der Waals surface area contributed by atoms with Crippen molar-refractivity contribution in [1.82, 2.24) is 9.80 Å². The fourth-order valence-electron chi connectivity index (χ4n) is 2.61. The summed E-state index contributed by atoms with van der Waals surface area (Å²) in [6, 6.07) is 0. The van der Waals surface area contributed by atoms with Gasteiger partial charge in [-0.2, -0.15) is 13.2 Å². The molecule has 1 saturated heterocycles. The van der Waals surface area contributed by atoms with Crippen molar-refractivity contribution >= 4 is 11.9 Å². The highest BCUT2D eigenvalue weighted by molar-refractivity contribution is 5.83. The van der Waals surface area contributed by atoms with Crippen molar-refractivity contribution in [3.8, 4) is 0 Å². The molecule has 1 atom stereocenters. The molecule has 1 amide bonds. The molecule has 1 aliphatic rings. The number of carboxylic acids is 1. The summed E-state index contributed by atoms with van der Waals surface area (Å²) >= 11 is 0. The van der Waals surface area contributed by atoms with Crippen molar-refractivity contribution in [2.24, 2.45) is 5.92 Å². The maximum atomic E-state index is 12.4. The van der Waals surface area contributed by atoms with Crippen LogP contribution < -0.4 is 0 Å². The Morgan fingerprint density at radius 2 is 2.05 bits per heavy atom. The minimum Gasteiger partial charge on any atom is -0.480 e. The van der Waals surface area contributed by atoms with Gasteiger partial charge >= 0.3 is 12.1 Å². The molecular formula is C13H21F3N2O3. The lowest BCUT2D eigenvalue weighted by Gasteiger charge is -2.34. The van der Waals surface area contributed by atoms with Crippen LogP contribution in [0, 0.1) is 5.92 Å². The number of nitrogens with zero attached hydrogens (tertiary/aromatic N) is 2. The van der Waals surface area contributed by atoms with Gasteiger partial charge in [-0.3, -0.25) is 14.5 Å². The molecule has 1 heterocycles. The molecule has 0 aromatic rings. The number of hydrogen-bond acceptors (Lipinski definition) is 3. The highest BCUT2D eigenvalue weighted by atomic mass is 19.4. The second-order valence-electron chi connectivity index (χ2n) is 5.34. The smallest absolute Gasteiger partial charge is 0.401 e. The lowest BCUT2D eigenvalue weighted by Crippen LogP contribution is -2.48. The number of aliphatic carboxylic acids is 1. The molecule has 122 valence electrons. The number of rotatable bonds is 6. The van der Waals surface area contributed by atoms with Crippen molar-refractivity contribution in [3.63, 3.8) is 0 Å². The van der Waals surface area contributed by atoms with Crippen LogP contribution in [0.2, 0.25) is 0 Å². The van der Waals surface area contributed by atoms with E-state index in [-0.39, 0.29) is 12.5 Å². The molecule has 0 saturated carbocycles. The predicted octanol–water partition coefficient (Wildman–Crippen LogP) is 1.58. The van der Waals surface area contributed by atoms with E-state index in [0.29, 0.717) is 32.4 Å². The minimum absolute atomic E-state index is 0.0399. The Kier molecular flexibility index (Phi) is 6.44. The number of carbonyl (C=O) groups is 2. The molecule has 1 aliphatic heterocycles. The van der Waals surface area contributed by atoms with Gasteiger partial charge in [0.25, 0.3) is 0 Å². The van der Waals surface area contributed by atoms with Gasteiger partial charge < -0.3 is 10.0 Å². The third-order valence-electron chi connectivity index (χ3n) is 3.39. The number of amides is 1. The molecule has 8 heteroatoms. The van der Waals surface area contributed by atoms with E-state index in [9.17, 15) is 22.8 Å². The third-order valence-corrected chi connectivity index (χ3v) is 3.39. The number of halogens is 3. The summed E-state index contributed by atoms with van der Waals surface area (Å²) in [7, 11) is 0. The largest absolute Gasteiger partial charge is 0.480 e. The summed E-state index contributed by atoms with van der Waals surface area (Å²) in [5.41, 5.74) is 0. The maximum absolute atomic E-state index is 12.4. The first-order valence-electron chi connectivity index (χ1n) is 7.02. The van der Waals surface area contributed by atoms with Gasteiger partial charge in [0.15, 0.2) is 0 Å². The van der Waals surface area contributed by atoms with Crippen molar-refractivity contribution < 1.29 is 27.9 Å². The van der Waals surface area contributed by atoms with Crippen molar-refractivity contribution in [1.29, 1.82) is 0 Å². The molecule has 0 aliphatic carbocycles. The highest BCUT2D eigenvalue weighted by Crippen LogP contribution is 2.23. The summed E-state index contributed by atoms with van der Waals surface area (Å²) in [5.74, 6) is -2.02. The zero-order valence-electron chi connectivity index (χ0n) is 12.0. The van der Waals surface area contributed by atoms with Crippen LogP contribution in [0.3, 0.4) is 0 Å². The van der Waals surface area contributed by atoms with Crippen LogP contribution in [0.4, 0.5) is 13.2 Å². The van der Waals surface area contributed by atoms with Crippen LogP contribution >= 0.6 is 0 Å². The van der Waals surface area contributed by atoms with Crippen molar-refractivity contribution in [3.05, 3.63) is 0 Å². The van der Waals surface area contributed by atoms with E-state index in [1.807, 2.05) is 6.92 Å². The summed E-state index contributed by atoms with van der Waals surface area (Å²) in [6.07, 6.45) is -2.65. The summed E-state index contributed by atoms with van der Waals surface area (Å²) in [4.78, 5) is 25.5. The molecule has 0 radical (unpaired) electrons. The summed E-state index contributed by atoms with van der Waals surface area (Å²) in [5, 5.41) is 8.81. The van der Waals surface area contributed by atoms with Crippen molar-refractivity contribution in [2.45, 2.75) is 32.4 Å². The fraction of sp³-hybridized carbons (Fsp3) is 0.846. The molecule has 0 spiro atoms. The molecular weight excluding hydrogens is 289 g/mol. The Labute approximate surface area is 121 Å². The van der Waals surface area contributed by atoms with Crippen LogP contribution in [0.1, 0.15) is 26.2 Å². The zero-order chi connectivity index (χ0) is 16.0. The molecule has 0 aromatic carbocycles. The number of hydrogen-bond donors (Lipinski definition) is 1. The van der Waals surface area contributed by atoms with Gasteiger partial charge in [-0.1, -0.05) is 6.92 Å². The molecule has 0 bridgehead atoms. The van der Waals surface area contributed by atoms with Crippen LogP contribution in [-0.2, 0) is 9.59 Å². The standard InChI is InChI=1S/C13H21F3N2O3/c1-2-5-18(8-11(19)20)12(21)10-4-3-6-17(7-10)9-13(14,15)16/h10H,2-9H2,1H3,(H,19,20). The number of piperidine rings is 1. The van der Waals surface area contributed by atoms with Gasteiger partial charge in [0.2, 0.25) is 5.91 Å². The number of alkyl halides is 3. The molecule has 21 heavy (non-hydrogen) atoms. The van der Waals surface area contributed by atoms with Crippen LogP contribution in [0.25, 0.3) is 0 Å². The van der Waals surface area contributed by atoms with E-state index in [0.717, 1.165) is 0 Å². The Hall–Kier alpha value is -1.31. The molecule has 1 fully saturated rings. The molecule has 1 N–H and O–H groups in total. The van der Waals surface area contributed by atoms with Gasteiger partial charge in [-0.15, -0.1) is 0 Å². The first kappa shape index (κ1) is 17.7. The van der Waals surface area contributed by atoms with Gasteiger partial charge in [-0.05, 0) is 25.8 Å². The fourth-order valence-corrected chi connectivity index (χ4v) is 2.61. The van der Waals surface area contributed by atoms with E-state index in [2.05, 4.69) is 0 Å². The van der Waals surface area contributed by atoms with Gasteiger partial charge in [0.05, 0.1) is 12.5 Å². The van der Waals surface area contributed by atoms with Crippen molar-refractivity contribution in [2.75, 3.05) is 32.7 Å². The monoisotopic (exact) mass is 310 g/mol.